The molecule has 2 amide bonds. The highest BCUT2D eigenvalue weighted by Crippen LogP contribution is 2.37. The minimum atomic E-state index is -0.133. The Morgan fingerprint density at radius 2 is 2.00 bits per heavy atom. The van der Waals surface area contributed by atoms with Gasteiger partial charge >= 0.3 is 0 Å². The summed E-state index contributed by atoms with van der Waals surface area (Å²) >= 11 is 2.96. The molecule has 5 rings (SSSR count). The summed E-state index contributed by atoms with van der Waals surface area (Å²) < 4.78 is 0. The molecular formula is C22H23N5O2S2. The number of likely N-dealkylation sites (tertiary alicyclic amines) is 1. The number of carbonyl (C=O) groups is 2. The Morgan fingerprint density at radius 1 is 1.16 bits per heavy atom. The van der Waals surface area contributed by atoms with Crippen molar-refractivity contribution < 1.29 is 9.59 Å². The highest BCUT2D eigenvalue weighted by atomic mass is 32.1. The van der Waals surface area contributed by atoms with Gasteiger partial charge < -0.3 is 21.3 Å². The molecule has 2 saturated heterocycles. The molecule has 4 heterocycles. The van der Waals surface area contributed by atoms with Crippen LogP contribution in [0.4, 0.5) is 10.7 Å². The second-order valence-corrected chi connectivity index (χ2v) is 10.0. The van der Waals surface area contributed by atoms with Crippen molar-refractivity contribution in [1.82, 2.24) is 15.2 Å². The van der Waals surface area contributed by atoms with Crippen molar-refractivity contribution in [1.29, 1.82) is 0 Å². The van der Waals surface area contributed by atoms with Crippen molar-refractivity contribution in [3.8, 4) is 10.4 Å². The van der Waals surface area contributed by atoms with E-state index in [1.165, 1.54) is 11.3 Å². The third-order valence-corrected chi connectivity index (χ3v) is 7.89. The van der Waals surface area contributed by atoms with Gasteiger partial charge in [0.15, 0.2) is 0 Å². The maximum absolute atomic E-state index is 12.8. The number of nitrogens with one attached hydrogen (secondary N) is 2. The molecule has 160 valence electrons. The lowest BCUT2D eigenvalue weighted by Crippen LogP contribution is -2.48. The van der Waals surface area contributed by atoms with Gasteiger partial charge in [-0.2, -0.15) is 0 Å². The summed E-state index contributed by atoms with van der Waals surface area (Å²) in [5.41, 5.74) is 7.82. The summed E-state index contributed by atoms with van der Waals surface area (Å²) in [5, 5.41) is 7.85. The van der Waals surface area contributed by atoms with E-state index in [9.17, 15) is 9.59 Å². The number of aromatic nitrogens is 1. The molecule has 0 aliphatic carbocycles. The van der Waals surface area contributed by atoms with Gasteiger partial charge in [0.25, 0.3) is 5.91 Å². The molecule has 2 aliphatic heterocycles. The van der Waals surface area contributed by atoms with Crippen LogP contribution in [0, 0.1) is 0 Å². The van der Waals surface area contributed by atoms with E-state index < -0.39 is 0 Å². The summed E-state index contributed by atoms with van der Waals surface area (Å²) in [5.74, 6) is 0.228. The third kappa shape index (κ3) is 4.08. The number of para-hydroxylation sites is 1. The molecular weight excluding hydrogens is 430 g/mol. The highest BCUT2D eigenvalue weighted by Gasteiger charge is 2.35. The van der Waals surface area contributed by atoms with Crippen LogP contribution in [0.2, 0.25) is 0 Å². The standard InChI is InChI=1S/C22H23N5O2S2/c23-15-5-2-1-4-14(15)18-10-25-21(31-18)13-11-27(12-13)22(29)17-7-8-19(30-17)26-20(28)16-6-3-9-24-16/h1-2,4-5,7-8,10,13,16,24H,3,6,9,11-12,23H2,(H,26,28)/t16-/m0/s1. The van der Waals surface area contributed by atoms with E-state index in [1.54, 1.807) is 23.5 Å². The van der Waals surface area contributed by atoms with Gasteiger partial charge in [0.2, 0.25) is 5.91 Å². The number of thiazole rings is 1. The van der Waals surface area contributed by atoms with Crippen molar-refractivity contribution >= 4 is 45.2 Å². The zero-order valence-electron chi connectivity index (χ0n) is 16.8. The van der Waals surface area contributed by atoms with Gasteiger partial charge in [0.1, 0.15) is 0 Å². The molecule has 3 aromatic rings. The number of thiophene rings is 1. The topological polar surface area (TPSA) is 100 Å². The molecule has 9 heteroatoms. The molecule has 7 nitrogen and oxygen atoms in total. The van der Waals surface area contributed by atoms with Gasteiger partial charge in [-0.25, -0.2) is 4.98 Å². The number of nitrogen functional groups attached to an aromatic ring is 1. The first kappa shape index (κ1) is 20.2. The fourth-order valence-corrected chi connectivity index (χ4v) is 5.84. The van der Waals surface area contributed by atoms with E-state index in [0.717, 1.165) is 40.5 Å². The Hall–Kier alpha value is -2.75. The quantitative estimate of drug-likeness (QED) is 0.514. The van der Waals surface area contributed by atoms with Crippen LogP contribution in [0.1, 0.15) is 33.4 Å². The molecule has 0 unspecified atom stereocenters. The smallest absolute Gasteiger partial charge is 0.264 e. The number of anilines is 2. The predicted octanol–water partition coefficient (Wildman–Crippen LogP) is 3.38. The number of nitrogens with two attached hydrogens (primary N) is 1. The fraction of sp³-hybridized carbons (Fsp3) is 0.318. The third-order valence-electron chi connectivity index (χ3n) is 5.71. The molecule has 2 fully saturated rings. The number of hydrogen-bond donors (Lipinski definition) is 3. The van der Waals surface area contributed by atoms with E-state index in [0.29, 0.717) is 23.0 Å². The normalized spacial score (nSPS) is 18.7. The van der Waals surface area contributed by atoms with E-state index in [2.05, 4.69) is 15.6 Å². The summed E-state index contributed by atoms with van der Waals surface area (Å²) in [4.78, 5) is 33.1. The van der Waals surface area contributed by atoms with Gasteiger partial charge in [0.05, 0.1) is 25.8 Å². The first-order valence-corrected chi connectivity index (χ1v) is 12.0. The molecule has 0 spiro atoms. The average molecular weight is 454 g/mol. The molecule has 0 saturated carbocycles. The predicted molar refractivity (Wildman–Crippen MR) is 125 cm³/mol. The lowest BCUT2D eigenvalue weighted by molar-refractivity contribution is -0.117. The maximum Gasteiger partial charge on any atom is 0.264 e. The van der Waals surface area contributed by atoms with Crippen LogP contribution in [0.25, 0.3) is 10.4 Å². The first-order chi connectivity index (χ1) is 15.1. The highest BCUT2D eigenvalue weighted by molar-refractivity contribution is 7.18. The van der Waals surface area contributed by atoms with Gasteiger partial charge in [0, 0.05) is 36.5 Å². The van der Waals surface area contributed by atoms with Crippen LogP contribution in [0.5, 0.6) is 0 Å². The van der Waals surface area contributed by atoms with Crippen LogP contribution in [0.15, 0.2) is 42.6 Å². The van der Waals surface area contributed by atoms with Crippen molar-refractivity contribution in [3.05, 3.63) is 52.5 Å². The number of carbonyl (C=O) groups excluding carboxylic acids is 2. The first-order valence-electron chi connectivity index (χ1n) is 10.3. The lowest BCUT2D eigenvalue weighted by Gasteiger charge is -2.37. The SMILES string of the molecule is Nc1ccccc1-c1cnc(C2CN(C(=O)c3ccc(NC(=O)[C@@H]4CCCN4)s3)C2)s1. The van der Waals surface area contributed by atoms with Crippen LogP contribution in [-0.2, 0) is 4.79 Å². The number of nitrogens with zero attached hydrogens (tertiary/aromatic N) is 2. The van der Waals surface area contributed by atoms with E-state index in [4.69, 9.17) is 5.73 Å². The second kappa shape index (κ2) is 8.41. The lowest BCUT2D eigenvalue weighted by atomic mass is 10.0. The van der Waals surface area contributed by atoms with Crippen molar-refractivity contribution in [3.63, 3.8) is 0 Å². The fourth-order valence-electron chi connectivity index (χ4n) is 3.92. The summed E-state index contributed by atoms with van der Waals surface area (Å²) in [6, 6.07) is 11.2. The van der Waals surface area contributed by atoms with E-state index >= 15 is 0 Å². The van der Waals surface area contributed by atoms with Crippen LogP contribution < -0.4 is 16.4 Å². The molecule has 2 aliphatic rings. The number of rotatable bonds is 5. The van der Waals surface area contributed by atoms with Crippen LogP contribution in [-0.4, -0.2) is 47.4 Å². The molecule has 0 radical (unpaired) electrons. The van der Waals surface area contributed by atoms with E-state index in [1.807, 2.05) is 35.4 Å². The zero-order valence-corrected chi connectivity index (χ0v) is 18.5. The van der Waals surface area contributed by atoms with Gasteiger partial charge in [-0.1, -0.05) is 18.2 Å². The monoisotopic (exact) mass is 453 g/mol. The maximum atomic E-state index is 12.8. The Kier molecular flexibility index (Phi) is 5.47. The minimum Gasteiger partial charge on any atom is -0.398 e. The Balaban J connectivity index is 1.18. The summed E-state index contributed by atoms with van der Waals surface area (Å²) in [6.07, 6.45) is 3.73. The average Bonchev–Trinajstić information content (AvgIpc) is 3.49. The van der Waals surface area contributed by atoms with E-state index in [-0.39, 0.29) is 23.8 Å². The Bertz CT molecular complexity index is 1110. The Morgan fingerprint density at radius 3 is 2.77 bits per heavy atom. The summed E-state index contributed by atoms with van der Waals surface area (Å²) in [6.45, 7) is 2.19. The number of amides is 2. The number of hydrogen-bond acceptors (Lipinski definition) is 7. The summed E-state index contributed by atoms with van der Waals surface area (Å²) in [7, 11) is 0. The molecule has 1 aromatic carbocycles. The van der Waals surface area contributed by atoms with Gasteiger partial charge in [-0.05, 0) is 37.6 Å². The zero-order chi connectivity index (χ0) is 21.4. The molecule has 1 atom stereocenters. The minimum absolute atomic E-state index is 0.00447. The largest absolute Gasteiger partial charge is 0.398 e. The van der Waals surface area contributed by atoms with Gasteiger partial charge in [-0.15, -0.1) is 22.7 Å². The van der Waals surface area contributed by atoms with Crippen molar-refractivity contribution in [2.24, 2.45) is 0 Å². The van der Waals surface area contributed by atoms with Crippen molar-refractivity contribution in [2.45, 2.75) is 24.8 Å². The van der Waals surface area contributed by atoms with Crippen LogP contribution in [0.3, 0.4) is 0 Å². The molecule has 31 heavy (non-hydrogen) atoms. The number of benzene rings is 1. The van der Waals surface area contributed by atoms with Crippen LogP contribution >= 0.6 is 22.7 Å². The molecule has 0 bridgehead atoms. The molecule has 4 N–H and O–H groups in total. The van der Waals surface area contributed by atoms with Crippen molar-refractivity contribution in [2.75, 3.05) is 30.7 Å². The second-order valence-electron chi connectivity index (χ2n) is 7.86. The van der Waals surface area contributed by atoms with Gasteiger partial charge in [-0.3, -0.25) is 9.59 Å². The Labute approximate surface area is 188 Å². The molecule has 2 aromatic heterocycles.